The van der Waals surface area contributed by atoms with Crippen LogP contribution in [0.25, 0.3) is 0 Å². The van der Waals surface area contributed by atoms with Gasteiger partial charge >= 0.3 is 12.0 Å². The van der Waals surface area contributed by atoms with Gasteiger partial charge in [-0.3, -0.25) is 9.69 Å². The number of likely N-dealkylation sites (tertiary alicyclic amines) is 1. The lowest BCUT2D eigenvalue weighted by Crippen LogP contribution is -2.50. The molecule has 2 N–H and O–H groups in total. The number of carbonyl (C=O) groups is 2. The van der Waals surface area contributed by atoms with Gasteiger partial charge in [0.25, 0.3) is 0 Å². The van der Waals surface area contributed by atoms with Crippen LogP contribution in [0.4, 0.5) is 4.79 Å². The van der Waals surface area contributed by atoms with Crippen molar-refractivity contribution >= 4 is 12.0 Å². The Balaban J connectivity index is 1.86. The molecule has 0 aliphatic carbocycles. The summed E-state index contributed by atoms with van der Waals surface area (Å²) in [6.07, 6.45) is 3.55. The highest BCUT2D eigenvalue weighted by Gasteiger charge is 2.27. The summed E-state index contributed by atoms with van der Waals surface area (Å²) in [5, 5.41) is 12.1. The van der Waals surface area contributed by atoms with Gasteiger partial charge in [-0.05, 0) is 57.2 Å². The van der Waals surface area contributed by atoms with Crippen molar-refractivity contribution in [2.45, 2.75) is 45.6 Å². The molecule has 2 amide bonds. The summed E-state index contributed by atoms with van der Waals surface area (Å²) >= 11 is 0. The van der Waals surface area contributed by atoms with Gasteiger partial charge in [0.05, 0.1) is 6.54 Å². The molecule has 0 unspecified atom stereocenters. The molecule has 144 valence electrons. The fraction of sp³-hybridized carbons (Fsp3) is 0.600. The van der Waals surface area contributed by atoms with Gasteiger partial charge in [0.2, 0.25) is 0 Å². The predicted molar refractivity (Wildman–Crippen MR) is 102 cm³/mol. The molecule has 1 heterocycles. The molecule has 1 aromatic carbocycles. The monoisotopic (exact) mass is 361 g/mol. The van der Waals surface area contributed by atoms with E-state index in [9.17, 15) is 14.7 Å². The molecule has 6 nitrogen and oxygen atoms in total. The molecule has 1 aliphatic heterocycles. The number of aliphatic carboxylic acids is 1. The van der Waals surface area contributed by atoms with E-state index in [1.54, 1.807) is 0 Å². The van der Waals surface area contributed by atoms with Gasteiger partial charge in [-0.25, -0.2) is 4.79 Å². The van der Waals surface area contributed by atoms with Gasteiger partial charge in [0, 0.05) is 25.7 Å². The fourth-order valence-electron chi connectivity index (χ4n) is 3.62. The molecule has 6 heteroatoms. The second-order valence-corrected chi connectivity index (χ2v) is 6.95. The molecule has 2 rings (SSSR count). The molecule has 1 aliphatic rings. The topological polar surface area (TPSA) is 72.9 Å². The zero-order valence-electron chi connectivity index (χ0n) is 15.9. The van der Waals surface area contributed by atoms with Crippen LogP contribution >= 0.6 is 0 Å². The van der Waals surface area contributed by atoms with Crippen molar-refractivity contribution in [3.05, 3.63) is 35.4 Å². The lowest BCUT2D eigenvalue weighted by molar-refractivity contribution is -0.139. The van der Waals surface area contributed by atoms with E-state index >= 15 is 0 Å². The number of hydrogen-bond donors (Lipinski definition) is 2. The number of carboxylic acid groups (broad SMARTS) is 1. The van der Waals surface area contributed by atoms with Crippen molar-refractivity contribution in [3.63, 3.8) is 0 Å². The molecule has 1 fully saturated rings. The van der Waals surface area contributed by atoms with Gasteiger partial charge in [-0.1, -0.05) is 24.3 Å². The number of nitrogens with one attached hydrogen (secondary N) is 1. The summed E-state index contributed by atoms with van der Waals surface area (Å²) in [6, 6.07) is 8.55. The van der Waals surface area contributed by atoms with Crippen LogP contribution in [0.1, 0.15) is 37.3 Å². The van der Waals surface area contributed by atoms with Crippen LogP contribution in [-0.4, -0.2) is 65.7 Å². The van der Waals surface area contributed by atoms with E-state index in [-0.39, 0.29) is 18.6 Å². The minimum atomic E-state index is -0.785. The zero-order valence-corrected chi connectivity index (χ0v) is 15.9. The second kappa shape index (κ2) is 10.2. The summed E-state index contributed by atoms with van der Waals surface area (Å²) in [7, 11) is 0. The van der Waals surface area contributed by atoms with Crippen molar-refractivity contribution in [1.82, 2.24) is 15.1 Å². The quantitative estimate of drug-likeness (QED) is 0.746. The Morgan fingerprint density at radius 1 is 1.27 bits per heavy atom. The third kappa shape index (κ3) is 6.02. The highest BCUT2D eigenvalue weighted by molar-refractivity contribution is 5.74. The SMILES string of the molecule is CCNC(=O)N1CCC(N(CCCc2ccccc2C)CC(=O)O)CC1. The normalized spacial score (nSPS) is 15.3. The third-order valence-corrected chi connectivity index (χ3v) is 5.09. The van der Waals surface area contributed by atoms with Gasteiger partial charge in [0.15, 0.2) is 0 Å². The number of aryl methyl sites for hydroxylation is 2. The van der Waals surface area contributed by atoms with Gasteiger partial charge < -0.3 is 15.3 Å². The summed E-state index contributed by atoms with van der Waals surface area (Å²) in [5.41, 5.74) is 2.61. The molecule has 0 radical (unpaired) electrons. The number of carboxylic acids is 1. The Kier molecular flexibility index (Phi) is 7.91. The summed E-state index contributed by atoms with van der Waals surface area (Å²) in [4.78, 5) is 27.1. The van der Waals surface area contributed by atoms with Crippen LogP contribution in [0.3, 0.4) is 0 Å². The highest BCUT2D eigenvalue weighted by atomic mass is 16.4. The molecule has 1 saturated heterocycles. The third-order valence-electron chi connectivity index (χ3n) is 5.09. The lowest BCUT2D eigenvalue weighted by Gasteiger charge is -2.38. The van der Waals surface area contributed by atoms with Gasteiger partial charge in [-0.15, -0.1) is 0 Å². The number of carbonyl (C=O) groups excluding carboxylic acids is 1. The van der Waals surface area contributed by atoms with Gasteiger partial charge in [0.1, 0.15) is 0 Å². The maximum atomic E-state index is 11.9. The molecule has 0 aromatic heterocycles. The average Bonchev–Trinajstić information content (AvgIpc) is 2.62. The van der Waals surface area contributed by atoms with Crippen molar-refractivity contribution in [2.75, 3.05) is 32.7 Å². The standard InChI is InChI=1S/C20H31N3O3/c1-3-21-20(26)22-13-10-18(11-14-22)23(15-19(24)25)12-6-9-17-8-5-4-7-16(17)2/h4-5,7-8,18H,3,6,9-15H2,1-2H3,(H,21,26)(H,24,25). The number of amides is 2. The van der Waals surface area contributed by atoms with E-state index in [0.29, 0.717) is 19.6 Å². The summed E-state index contributed by atoms with van der Waals surface area (Å²) in [5.74, 6) is -0.785. The van der Waals surface area contributed by atoms with Crippen LogP contribution < -0.4 is 5.32 Å². The number of urea groups is 1. The van der Waals surface area contributed by atoms with Crippen molar-refractivity contribution in [1.29, 1.82) is 0 Å². The van der Waals surface area contributed by atoms with E-state index in [2.05, 4.69) is 35.3 Å². The highest BCUT2D eigenvalue weighted by Crippen LogP contribution is 2.18. The van der Waals surface area contributed by atoms with Gasteiger partial charge in [-0.2, -0.15) is 0 Å². The van der Waals surface area contributed by atoms with E-state index in [1.165, 1.54) is 11.1 Å². The smallest absolute Gasteiger partial charge is 0.317 e. The minimum absolute atomic E-state index is 0.0183. The molecular formula is C20H31N3O3. The lowest BCUT2D eigenvalue weighted by atomic mass is 10.0. The minimum Gasteiger partial charge on any atom is -0.480 e. The number of hydrogen-bond acceptors (Lipinski definition) is 3. The molecule has 1 aromatic rings. The van der Waals surface area contributed by atoms with E-state index in [1.807, 2.05) is 17.9 Å². The molecule has 0 saturated carbocycles. The Morgan fingerprint density at radius 3 is 2.58 bits per heavy atom. The maximum absolute atomic E-state index is 11.9. The Bertz CT molecular complexity index is 598. The van der Waals surface area contributed by atoms with Crippen LogP contribution in [0.15, 0.2) is 24.3 Å². The van der Waals surface area contributed by atoms with E-state index < -0.39 is 5.97 Å². The van der Waals surface area contributed by atoms with Crippen molar-refractivity contribution < 1.29 is 14.7 Å². The van der Waals surface area contributed by atoms with E-state index in [0.717, 1.165) is 32.2 Å². The van der Waals surface area contributed by atoms with Crippen LogP contribution in [0.2, 0.25) is 0 Å². The first-order valence-electron chi connectivity index (χ1n) is 9.54. The number of nitrogens with zero attached hydrogens (tertiary/aromatic N) is 2. The molecular weight excluding hydrogens is 330 g/mol. The molecule has 0 bridgehead atoms. The Labute approximate surface area is 156 Å². The Hall–Kier alpha value is -2.08. The number of piperidine rings is 1. The maximum Gasteiger partial charge on any atom is 0.317 e. The predicted octanol–water partition coefficient (Wildman–Crippen LogP) is 2.51. The number of benzene rings is 1. The van der Waals surface area contributed by atoms with Crippen LogP contribution in [0, 0.1) is 6.92 Å². The zero-order chi connectivity index (χ0) is 18.9. The molecule has 0 spiro atoms. The summed E-state index contributed by atoms with van der Waals surface area (Å²) in [6.45, 7) is 6.86. The van der Waals surface area contributed by atoms with E-state index in [4.69, 9.17) is 0 Å². The van der Waals surface area contributed by atoms with Crippen molar-refractivity contribution in [2.24, 2.45) is 0 Å². The number of rotatable bonds is 8. The first-order valence-corrected chi connectivity index (χ1v) is 9.54. The van der Waals surface area contributed by atoms with Crippen LogP contribution in [-0.2, 0) is 11.2 Å². The Morgan fingerprint density at radius 2 is 1.96 bits per heavy atom. The summed E-state index contributed by atoms with van der Waals surface area (Å²) < 4.78 is 0. The fourth-order valence-corrected chi connectivity index (χ4v) is 3.62. The average molecular weight is 361 g/mol. The van der Waals surface area contributed by atoms with Crippen LogP contribution in [0.5, 0.6) is 0 Å². The first-order chi connectivity index (χ1) is 12.5. The molecule has 0 atom stereocenters. The first kappa shape index (κ1) is 20.2. The van der Waals surface area contributed by atoms with Crippen molar-refractivity contribution in [3.8, 4) is 0 Å². The largest absolute Gasteiger partial charge is 0.480 e. The second-order valence-electron chi connectivity index (χ2n) is 6.95. The molecule has 26 heavy (non-hydrogen) atoms.